The molecule has 1 aliphatic rings. The predicted molar refractivity (Wildman–Crippen MR) is 130 cm³/mol. The number of carbonyl (C=O) groups is 3. The minimum absolute atomic E-state index is 0.0453. The summed E-state index contributed by atoms with van der Waals surface area (Å²) in [6.07, 6.45) is 3.63. The fourth-order valence-electron chi connectivity index (χ4n) is 4.30. The van der Waals surface area contributed by atoms with Gasteiger partial charge in [0, 0.05) is 23.5 Å². The van der Waals surface area contributed by atoms with E-state index in [9.17, 15) is 14.4 Å². The molecule has 0 aliphatic carbocycles. The van der Waals surface area contributed by atoms with Crippen molar-refractivity contribution >= 4 is 28.9 Å². The van der Waals surface area contributed by atoms with Crippen LogP contribution in [0.25, 0.3) is 11.0 Å². The van der Waals surface area contributed by atoms with Crippen LogP contribution in [0.15, 0.2) is 34.9 Å². The molecule has 1 aliphatic heterocycles. The van der Waals surface area contributed by atoms with Gasteiger partial charge in [0.25, 0.3) is 0 Å². The van der Waals surface area contributed by atoms with Gasteiger partial charge in [0.15, 0.2) is 0 Å². The quantitative estimate of drug-likeness (QED) is 0.635. The number of fused-ring (bicyclic) bond motifs is 1. The number of nitrogens with one attached hydrogen (secondary N) is 2. The van der Waals surface area contributed by atoms with E-state index >= 15 is 0 Å². The fraction of sp³-hybridized carbons (Fsp3) is 0.577. The van der Waals surface area contributed by atoms with Crippen LogP contribution in [0.5, 0.6) is 0 Å². The molecule has 2 heterocycles. The maximum atomic E-state index is 13.5. The van der Waals surface area contributed by atoms with E-state index < -0.39 is 29.7 Å². The van der Waals surface area contributed by atoms with Gasteiger partial charge in [-0.1, -0.05) is 32.0 Å². The summed E-state index contributed by atoms with van der Waals surface area (Å²) in [6.45, 7) is 11.3. The average Bonchev–Trinajstić information content (AvgIpc) is 3.37. The number of benzene rings is 1. The smallest absolute Gasteiger partial charge is 0.408 e. The zero-order chi connectivity index (χ0) is 25.0. The summed E-state index contributed by atoms with van der Waals surface area (Å²) >= 11 is 0. The molecule has 0 bridgehead atoms. The molecule has 0 radical (unpaired) electrons. The van der Waals surface area contributed by atoms with Gasteiger partial charge in [-0.05, 0) is 58.9 Å². The van der Waals surface area contributed by atoms with E-state index in [-0.39, 0.29) is 17.9 Å². The minimum atomic E-state index is -0.837. The third-order valence-electron chi connectivity index (χ3n) is 6.03. The maximum Gasteiger partial charge on any atom is 0.408 e. The summed E-state index contributed by atoms with van der Waals surface area (Å²) in [7, 11) is 0. The van der Waals surface area contributed by atoms with E-state index in [0.29, 0.717) is 13.0 Å². The monoisotopic (exact) mass is 471 g/mol. The third-order valence-corrected chi connectivity index (χ3v) is 6.03. The summed E-state index contributed by atoms with van der Waals surface area (Å²) in [5.74, 6) is -0.626. The predicted octanol–water partition coefficient (Wildman–Crippen LogP) is 4.02. The Hall–Kier alpha value is -3.03. The lowest BCUT2D eigenvalue weighted by molar-refractivity contribution is -0.138. The third kappa shape index (κ3) is 6.30. The number of amides is 3. The van der Waals surface area contributed by atoms with Crippen molar-refractivity contribution in [1.29, 1.82) is 0 Å². The molecular weight excluding hydrogens is 434 g/mol. The van der Waals surface area contributed by atoms with Gasteiger partial charge in [-0.3, -0.25) is 9.59 Å². The molecule has 0 unspecified atom stereocenters. The van der Waals surface area contributed by atoms with Crippen molar-refractivity contribution < 1.29 is 23.5 Å². The van der Waals surface area contributed by atoms with Crippen molar-refractivity contribution in [2.75, 3.05) is 6.54 Å². The second-order valence-electron chi connectivity index (χ2n) is 10.4. The lowest BCUT2D eigenvalue weighted by Crippen LogP contribution is -2.56. The first-order valence-corrected chi connectivity index (χ1v) is 12.0. The summed E-state index contributed by atoms with van der Waals surface area (Å²) in [5.41, 5.74) is 1.26. The summed E-state index contributed by atoms with van der Waals surface area (Å²) < 4.78 is 10.9. The summed E-state index contributed by atoms with van der Waals surface area (Å²) in [5, 5.41) is 6.45. The van der Waals surface area contributed by atoms with E-state index in [2.05, 4.69) is 10.6 Å². The Morgan fingerprint density at radius 2 is 1.85 bits per heavy atom. The first kappa shape index (κ1) is 25.6. The molecule has 3 amide bonds. The molecule has 1 aromatic carbocycles. The number of hydrogen-bond donors (Lipinski definition) is 2. The Kier molecular flexibility index (Phi) is 7.89. The number of likely N-dealkylation sites (tertiary alicyclic amines) is 1. The van der Waals surface area contributed by atoms with E-state index in [1.165, 1.54) is 0 Å². The lowest BCUT2D eigenvalue weighted by atomic mass is 9.99. The van der Waals surface area contributed by atoms with Crippen molar-refractivity contribution in [3.63, 3.8) is 0 Å². The van der Waals surface area contributed by atoms with Crippen LogP contribution in [0.1, 0.15) is 59.9 Å². The number of ether oxygens (including phenoxy) is 1. The highest BCUT2D eigenvalue weighted by atomic mass is 16.6. The largest absolute Gasteiger partial charge is 0.464 e. The van der Waals surface area contributed by atoms with Crippen molar-refractivity contribution in [2.45, 2.75) is 84.5 Å². The molecule has 1 fully saturated rings. The fourth-order valence-corrected chi connectivity index (χ4v) is 4.30. The van der Waals surface area contributed by atoms with Gasteiger partial charge in [0.2, 0.25) is 11.8 Å². The number of para-hydroxylation sites is 1. The normalized spacial score (nSPS) is 18.1. The van der Waals surface area contributed by atoms with E-state index in [0.717, 1.165) is 29.4 Å². The lowest BCUT2D eigenvalue weighted by Gasteiger charge is -2.31. The molecular formula is C26H37N3O5. The van der Waals surface area contributed by atoms with Gasteiger partial charge >= 0.3 is 6.09 Å². The molecule has 3 atom stereocenters. The van der Waals surface area contributed by atoms with Crippen molar-refractivity contribution in [3.8, 4) is 0 Å². The van der Waals surface area contributed by atoms with Crippen LogP contribution < -0.4 is 10.6 Å². The highest BCUT2D eigenvalue weighted by Gasteiger charge is 2.36. The maximum absolute atomic E-state index is 13.5. The van der Waals surface area contributed by atoms with Gasteiger partial charge in [-0.25, -0.2) is 4.79 Å². The standard InChI is InChI=1S/C26H37N3O5/c1-16(2)22(28-23(30)17(3)27-25(32)34-26(4,5)6)24(31)29-13-9-10-19(29)14-18-15-33-21-12-8-7-11-20(18)21/h7-8,11-12,15-17,19,22H,9-10,13-14H2,1-6H3,(H,27,32)(H,28,30)/t17-,19-,22-/m0/s1. The van der Waals surface area contributed by atoms with Gasteiger partial charge in [0.1, 0.15) is 23.3 Å². The molecule has 0 spiro atoms. The molecule has 34 heavy (non-hydrogen) atoms. The van der Waals surface area contributed by atoms with Crippen LogP contribution in [0.4, 0.5) is 4.79 Å². The Balaban J connectivity index is 1.66. The summed E-state index contributed by atoms with van der Waals surface area (Å²) in [6, 6.07) is 6.42. The molecule has 8 heteroatoms. The van der Waals surface area contributed by atoms with E-state index in [1.54, 1.807) is 34.0 Å². The van der Waals surface area contributed by atoms with Gasteiger partial charge < -0.3 is 24.7 Å². The average molecular weight is 472 g/mol. The Morgan fingerprint density at radius 1 is 1.15 bits per heavy atom. The van der Waals surface area contributed by atoms with Gasteiger partial charge in [-0.2, -0.15) is 0 Å². The molecule has 2 N–H and O–H groups in total. The number of carbonyl (C=O) groups excluding carboxylic acids is 3. The Morgan fingerprint density at radius 3 is 2.53 bits per heavy atom. The van der Waals surface area contributed by atoms with Crippen LogP contribution in [-0.2, 0) is 20.7 Å². The van der Waals surface area contributed by atoms with E-state index in [1.807, 2.05) is 43.0 Å². The topological polar surface area (TPSA) is 101 Å². The molecule has 1 saturated heterocycles. The van der Waals surface area contributed by atoms with Crippen LogP contribution >= 0.6 is 0 Å². The van der Waals surface area contributed by atoms with Crippen molar-refractivity contribution in [3.05, 3.63) is 36.1 Å². The Bertz CT molecular complexity index is 1020. The van der Waals surface area contributed by atoms with Crippen LogP contribution in [0.2, 0.25) is 0 Å². The number of rotatable bonds is 7. The Labute approximate surface area is 201 Å². The number of alkyl carbamates (subject to hydrolysis) is 1. The number of hydrogen-bond acceptors (Lipinski definition) is 5. The summed E-state index contributed by atoms with van der Waals surface area (Å²) in [4.78, 5) is 40.2. The zero-order valence-electron chi connectivity index (χ0n) is 21.0. The molecule has 3 rings (SSSR count). The molecule has 8 nitrogen and oxygen atoms in total. The first-order valence-electron chi connectivity index (χ1n) is 12.0. The zero-order valence-corrected chi connectivity index (χ0v) is 21.0. The molecule has 0 saturated carbocycles. The van der Waals surface area contributed by atoms with Crippen LogP contribution in [0, 0.1) is 5.92 Å². The molecule has 186 valence electrons. The highest BCUT2D eigenvalue weighted by molar-refractivity contribution is 5.91. The SMILES string of the molecule is CC(C)[C@H](NC(=O)[C@H](C)NC(=O)OC(C)(C)C)C(=O)N1CCC[C@H]1Cc1coc2ccccc12. The van der Waals surface area contributed by atoms with Gasteiger partial charge in [-0.15, -0.1) is 0 Å². The van der Waals surface area contributed by atoms with Gasteiger partial charge in [0.05, 0.1) is 6.26 Å². The first-order chi connectivity index (χ1) is 16.0. The van der Waals surface area contributed by atoms with E-state index in [4.69, 9.17) is 9.15 Å². The number of nitrogens with zero attached hydrogens (tertiary/aromatic N) is 1. The van der Waals surface area contributed by atoms with Crippen LogP contribution in [0.3, 0.4) is 0 Å². The second-order valence-corrected chi connectivity index (χ2v) is 10.4. The number of furan rings is 1. The van der Waals surface area contributed by atoms with Crippen LogP contribution in [-0.4, -0.2) is 53.1 Å². The van der Waals surface area contributed by atoms with Crippen molar-refractivity contribution in [2.24, 2.45) is 5.92 Å². The minimum Gasteiger partial charge on any atom is -0.464 e. The molecule has 2 aromatic rings. The van der Waals surface area contributed by atoms with Crippen molar-refractivity contribution in [1.82, 2.24) is 15.5 Å². The molecule has 1 aromatic heterocycles. The highest BCUT2D eigenvalue weighted by Crippen LogP contribution is 2.28. The second kappa shape index (κ2) is 10.5.